The third kappa shape index (κ3) is 6.52. The van der Waals surface area contributed by atoms with E-state index in [1.54, 1.807) is 6.92 Å². The maximum Gasteiger partial charge on any atom is 0.309 e. The molecule has 0 bridgehead atoms. The first-order chi connectivity index (χ1) is 9.42. The number of esters is 1. The third-order valence-corrected chi connectivity index (χ3v) is 3.10. The van der Waals surface area contributed by atoms with Crippen molar-refractivity contribution in [2.24, 2.45) is 0 Å². The monoisotopic (exact) mass is 301 g/mol. The van der Waals surface area contributed by atoms with E-state index in [1.807, 2.05) is 0 Å². The molecule has 0 saturated carbocycles. The molecular weight excluding hydrogens is 280 g/mol. The molecular formula is C14H21O7-. The van der Waals surface area contributed by atoms with Crippen LogP contribution in [0.5, 0.6) is 0 Å². The highest BCUT2D eigenvalue weighted by molar-refractivity contribution is 5.73. The smallest absolute Gasteiger partial charge is 0.309 e. The summed E-state index contributed by atoms with van der Waals surface area (Å²) in [4.78, 5) is 20.6. The van der Waals surface area contributed by atoms with Crippen LogP contribution in [-0.4, -0.2) is 51.7 Å². The maximum absolute atomic E-state index is 10.6. The van der Waals surface area contributed by atoms with Crippen LogP contribution in [0.3, 0.4) is 0 Å². The lowest BCUT2D eigenvalue weighted by atomic mass is 9.92. The number of carboxylic acids is 1. The number of carbonyl (C=O) groups excluding carboxylic acids is 2. The van der Waals surface area contributed by atoms with Crippen LogP contribution in [0, 0.1) is 0 Å². The SMILES string of the molecule is C=C(CO)C(C)(O)CC(=O)[O-].C=C1COC(=O)CC1(C)O. The Morgan fingerprint density at radius 2 is 2.10 bits per heavy atom. The molecule has 0 spiro atoms. The maximum atomic E-state index is 10.6. The van der Waals surface area contributed by atoms with Crippen LogP contribution in [0.15, 0.2) is 24.3 Å². The Balaban J connectivity index is 0.000000382. The van der Waals surface area contributed by atoms with Gasteiger partial charge in [-0.15, -0.1) is 0 Å². The molecule has 1 aliphatic heterocycles. The molecule has 1 saturated heterocycles. The molecule has 7 nitrogen and oxygen atoms in total. The van der Waals surface area contributed by atoms with Gasteiger partial charge in [0.05, 0.1) is 24.2 Å². The summed E-state index contributed by atoms with van der Waals surface area (Å²) >= 11 is 0. The fourth-order valence-corrected chi connectivity index (χ4v) is 1.36. The van der Waals surface area contributed by atoms with Crippen LogP contribution in [0.4, 0.5) is 0 Å². The van der Waals surface area contributed by atoms with Gasteiger partial charge in [0.1, 0.15) is 6.61 Å². The summed E-state index contributed by atoms with van der Waals surface area (Å²) in [6.45, 7) is 9.43. The lowest BCUT2D eigenvalue weighted by molar-refractivity contribution is -0.308. The molecule has 1 aliphatic rings. The van der Waals surface area contributed by atoms with Gasteiger partial charge in [0.15, 0.2) is 0 Å². The fourth-order valence-electron chi connectivity index (χ4n) is 1.36. The van der Waals surface area contributed by atoms with Gasteiger partial charge < -0.3 is 30.0 Å². The summed E-state index contributed by atoms with van der Waals surface area (Å²) in [5.41, 5.74) is -2.00. The number of hydrogen-bond donors (Lipinski definition) is 3. The summed E-state index contributed by atoms with van der Waals surface area (Å²) in [5, 5.41) is 37.2. The predicted octanol–water partition coefficient (Wildman–Crippen LogP) is -1.33. The van der Waals surface area contributed by atoms with E-state index in [1.165, 1.54) is 6.92 Å². The lowest BCUT2D eigenvalue weighted by Gasteiger charge is -2.29. The summed E-state index contributed by atoms with van der Waals surface area (Å²) in [6, 6.07) is 0. The molecule has 1 fully saturated rings. The molecule has 3 N–H and O–H groups in total. The highest BCUT2D eigenvalue weighted by Gasteiger charge is 2.33. The highest BCUT2D eigenvalue weighted by atomic mass is 16.5. The topological polar surface area (TPSA) is 127 Å². The largest absolute Gasteiger partial charge is 0.550 e. The van der Waals surface area contributed by atoms with Crippen LogP contribution in [0.25, 0.3) is 0 Å². The van der Waals surface area contributed by atoms with Crippen molar-refractivity contribution >= 4 is 11.9 Å². The van der Waals surface area contributed by atoms with Crippen LogP contribution in [0.2, 0.25) is 0 Å². The Morgan fingerprint density at radius 3 is 2.43 bits per heavy atom. The minimum Gasteiger partial charge on any atom is -0.550 e. The van der Waals surface area contributed by atoms with Gasteiger partial charge in [-0.1, -0.05) is 13.2 Å². The van der Waals surface area contributed by atoms with Gasteiger partial charge in [0, 0.05) is 12.4 Å². The Kier molecular flexibility index (Phi) is 6.75. The number of aliphatic hydroxyl groups excluding tert-OH is 1. The van der Waals surface area contributed by atoms with Gasteiger partial charge >= 0.3 is 5.97 Å². The van der Waals surface area contributed by atoms with E-state index < -0.39 is 30.2 Å². The molecule has 0 amide bonds. The van der Waals surface area contributed by atoms with E-state index in [0.29, 0.717) is 5.57 Å². The molecule has 0 aromatic heterocycles. The van der Waals surface area contributed by atoms with Crippen molar-refractivity contribution in [3.05, 3.63) is 24.3 Å². The van der Waals surface area contributed by atoms with Gasteiger partial charge in [-0.2, -0.15) is 0 Å². The molecule has 2 unspecified atom stereocenters. The molecule has 0 aromatic carbocycles. The van der Waals surface area contributed by atoms with Crippen LogP contribution in [-0.2, 0) is 14.3 Å². The van der Waals surface area contributed by atoms with Crippen molar-refractivity contribution in [1.29, 1.82) is 0 Å². The molecule has 2 atom stereocenters. The van der Waals surface area contributed by atoms with Gasteiger partial charge in [-0.3, -0.25) is 4.79 Å². The fraction of sp³-hybridized carbons (Fsp3) is 0.571. The summed E-state index contributed by atoms with van der Waals surface area (Å²) in [7, 11) is 0. The van der Waals surface area contributed by atoms with E-state index in [9.17, 15) is 24.9 Å². The normalized spacial score (nSPS) is 24.2. The predicted molar refractivity (Wildman–Crippen MR) is 71.8 cm³/mol. The number of hydrogen-bond acceptors (Lipinski definition) is 7. The molecule has 0 radical (unpaired) electrons. The molecule has 1 rings (SSSR count). The second kappa shape index (κ2) is 7.35. The number of carboxylic acid groups (broad SMARTS) is 1. The molecule has 7 heteroatoms. The molecule has 0 aliphatic carbocycles. The molecule has 1 heterocycles. The van der Waals surface area contributed by atoms with Crippen molar-refractivity contribution < 1.29 is 34.8 Å². The zero-order valence-corrected chi connectivity index (χ0v) is 12.2. The Labute approximate surface area is 123 Å². The second-order valence-corrected chi connectivity index (χ2v) is 5.30. The van der Waals surface area contributed by atoms with Gasteiger partial charge in [0.2, 0.25) is 0 Å². The standard InChI is InChI=1S/C7H12O4.C7H10O3/c1-5(4-8)7(2,11)3-6(9)10;1-5-4-10-6(8)3-7(5,2)9/h8,11H,1,3-4H2,2H3,(H,9,10);9H,1,3-4H2,2H3/p-1. The molecule has 21 heavy (non-hydrogen) atoms. The minimum atomic E-state index is -1.58. The lowest BCUT2D eigenvalue weighted by Crippen LogP contribution is -2.37. The molecule has 120 valence electrons. The van der Waals surface area contributed by atoms with Crippen molar-refractivity contribution in [2.45, 2.75) is 37.9 Å². The second-order valence-electron chi connectivity index (χ2n) is 5.30. The van der Waals surface area contributed by atoms with E-state index >= 15 is 0 Å². The minimum absolute atomic E-state index is 0.0197. The first kappa shape index (κ1) is 19.3. The summed E-state index contributed by atoms with van der Waals surface area (Å²) in [6.07, 6.45) is -0.530. The van der Waals surface area contributed by atoms with Crippen LogP contribution >= 0.6 is 0 Å². The Bertz CT molecular complexity index is 435. The number of ether oxygens (including phenoxy) is 1. The van der Waals surface area contributed by atoms with E-state index in [4.69, 9.17) is 5.11 Å². The van der Waals surface area contributed by atoms with Crippen molar-refractivity contribution in [1.82, 2.24) is 0 Å². The van der Waals surface area contributed by atoms with Gasteiger partial charge in [0.25, 0.3) is 0 Å². The quantitative estimate of drug-likeness (QED) is 0.433. The van der Waals surface area contributed by atoms with E-state index in [-0.39, 0.29) is 24.6 Å². The van der Waals surface area contributed by atoms with Crippen molar-refractivity contribution in [3.8, 4) is 0 Å². The highest BCUT2D eigenvalue weighted by Crippen LogP contribution is 2.24. The van der Waals surface area contributed by atoms with Crippen LogP contribution < -0.4 is 5.11 Å². The first-order valence-electron chi connectivity index (χ1n) is 6.20. The number of carbonyl (C=O) groups is 2. The first-order valence-corrected chi connectivity index (χ1v) is 6.20. The third-order valence-electron chi connectivity index (χ3n) is 3.10. The average Bonchev–Trinajstić information content (AvgIpc) is 2.32. The zero-order valence-electron chi connectivity index (χ0n) is 12.2. The van der Waals surface area contributed by atoms with Crippen LogP contribution in [0.1, 0.15) is 26.7 Å². The van der Waals surface area contributed by atoms with E-state index in [2.05, 4.69) is 17.9 Å². The Hall–Kier alpha value is -1.70. The van der Waals surface area contributed by atoms with Gasteiger partial charge in [-0.25, -0.2) is 0 Å². The number of cyclic esters (lactones) is 1. The number of rotatable bonds is 4. The van der Waals surface area contributed by atoms with Crippen molar-refractivity contribution in [2.75, 3.05) is 13.2 Å². The summed E-state index contributed by atoms with van der Waals surface area (Å²) in [5.74, 6) is -1.73. The van der Waals surface area contributed by atoms with Crippen molar-refractivity contribution in [3.63, 3.8) is 0 Å². The molecule has 0 aromatic rings. The van der Waals surface area contributed by atoms with E-state index in [0.717, 1.165) is 0 Å². The zero-order chi connectivity index (χ0) is 16.8. The Morgan fingerprint density at radius 1 is 1.57 bits per heavy atom. The summed E-state index contributed by atoms with van der Waals surface area (Å²) < 4.78 is 4.63. The number of aliphatic carboxylic acids is 1. The van der Waals surface area contributed by atoms with Gasteiger partial charge in [-0.05, 0) is 25.0 Å². The average molecular weight is 301 g/mol. The number of aliphatic hydroxyl groups is 3.